The molecule has 0 atom stereocenters. The minimum absolute atomic E-state index is 0.0895. The van der Waals surface area contributed by atoms with Crippen molar-refractivity contribution in [3.63, 3.8) is 0 Å². The molecular weight excluding hydrogens is 511 g/mol. The fourth-order valence-electron chi connectivity index (χ4n) is 3.95. The average Bonchev–Trinajstić information content (AvgIpc) is 3.46. The zero-order chi connectivity index (χ0) is 24.5. The lowest BCUT2D eigenvalue weighted by atomic mass is 10.2. The van der Waals surface area contributed by atoms with Crippen LogP contribution in [-0.2, 0) is 4.79 Å². The molecule has 2 aromatic carbocycles. The number of benzene rings is 2. The zero-order valence-corrected chi connectivity index (χ0v) is 20.5. The number of nitro groups is 1. The van der Waals surface area contributed by atoms with Crippen molar-refractivity contribution in [2.45, 2.75) is 0 Å². The fourth-order valence-corrected chi connectivity index (χ4v) is 5.40. The van der Waals surface area contributed by atoms with Crippen LogP contribution in [-0.4, -0.2) is 47.1 Å². The number of hydrogen-bond donors (Lipinski definition) is 0. The number of nitrogens with zero attached hydrogens (tertiary/aromatic N) is 4. The van der Waals surface area contributed by atoms with Crippen molar-refractivity contribution >= 4 is 63.5 Å². The number of amides is 1. The minimum atomic E-state index is -0.366. The molecule has 0 unspecified atom stereocenters. The Labute approximate surface area is 215 Å². The van der Waals surface area contributed by atoms with Crippen molar-refractivity contribution in [3.8, 4) is 11.3 Å². The normalized spacial score (nSPS) is 17.3. The van der Waals surface area contributed by atoms with E-state index in [1.807, 2.05) is 9.80 Å². The highest BCUT2D eigenvalue weighted by Gasteiger charge is 2.30. The predicted octanol–water partition coefficient (Wildman–Crippen LogP) is 5.95. The van der Waals surface area contributed by atoms with Gasteiger partial charge in [0.2, 0.25) is 0 Å². The lowest BCUT2D eigenvalue weighted by Gasteiger charge is -2.36. The second-order valence-electron chi connectivity index (χ2n) is 7.86. The van der Waals surface area contributed by atoms with Crippen LogP contribution >= 0.6 is 35.0 Å². The summed E-state index contributed by atoms with van der Waals surface area (Å²) in [5.74, 6) is 0.759. The van der Waals surface area contributed by atoms with Gasteiger partial charge >= 0.3 is 0 Å². The summed E-state index contributed by atoms with van der Waals surface area (Å²) in [4.78, 5) is 32.2. The van der Waals surface area contributed by atoms with Crippen molar-refractivity contribution < 1.29 is 14.1 Å². The first-order valence-corrected chi connectivity index (χ1v) is 12.3. The zero-order valence-electron chi connectivity index (χ0n) is 18.2. The molecule has 5 rings (SSSR count). The Bertz CT molecular complexity index is 1380. The van der Waals surface area contributed by atoms with Gasteiger partial charge in [0.25, 0.3) is 11.6 Å². The van der Waals surface area contributed by atoms with Crippen molar-refractivity contribution in [1.29, 1.82) is 0 Å². The van der Waals surface area contributed by atoms with Crippen LogP contribution in [0.1, 0.15) is 5.76 Å². The molecule has 1 amide bonds. The average molecular weight is 529 g/mol. The van der Waals surface area contributed by atoms with E-state index in [1.165, 1.54) is 17.8 Å². The number of hydrogen-bond acceptors (Lipinski definition) is 7. The number of carbonyl (C=O) groups excluding carboxylic acids is 1. The highest BCUT2D eigenvalue weighted by molar-refractivity contribution is 8.18. The smallest absolute Gasteiger partial charge is 0.292 e. The van der Waals surface area contributed by atoms with E-state index in [1.54, 1.807) is 54.6 Å². The van der Waals surface area contributed by atoms with Crippen LogP contribution in [0.15, 0.2) is 68.9 Å². The lowest BCUT2D eigenvalue weighted by molar-refractivity contribution is -0.384. The number of furan rings is 1. The highest BCUT2D eigenvalue weighted by atomic mass is 35.5. The quantitative estimate of drug-likeness (QED) is 0.234. The molecule has 0 bridgehead atoms. The van der Waals surface area contributed by atoms with Gasteiger partial charge in [-0.1, -0.05) is 35.3 Å². The number of aliphatic imine (C=N–C) groups is 1. The molecule has 0 spiro atoms. The summed E-state index contributed by atoms with van der Waals surface area (Å²) in [6.45, 7) is 2.36. The van der Waals surface area contributed by atoms with Crippen molar-refractivity contribution in [2.24, 2.45) is 4.99 Å². The Hall–Kier alpha value is -3.27. The summed E-state index contributed by atoms with van der Waals surface area (Å²) in [6, 6.07) is 15.4. The van der Waals surface area contributed by atoms with Crippen molar-refractivity contribution in [3.05, 3.63) is 85.4 Å². The van der Waals surface area contributed by atoms with E-state index in [2.05, 4.69) is 4.99 Å². The molecular formula is C24H18Cl2N4O4S. The first-order chi connectivity index (χ1) is 16.9. The summed E-state index contributed by atoms with van der Waals surface area (Å²) < 4.78 is 5.88. The third-order valence-corrected chi connectivity index (χ3v) is 7.27. The van der Waals surface area contributed by atoms with Gasteiger partial charge in [0.15, 0.2) is 5.17 Å². The molecule has 1 saturated heterocycles. The number of anilines is 1. The van der Waals surface area contributed by atoms with Gasteiger partial charge < -0.3 is 14.2 Å². The number of piperazine rings is 1. The van der Waals surface area contributed by atoms with E-state index in [-0.39, 0.29) is 16.5 Å². The van der Waals surface area contributed by atoms with Crippen LogP contribution in [0, 0.1) is 10.1 Å². The fraction of sp³-hybridized carbons (Fsp3) is 0.167. The molecule has 1 fully saturated rings. The molecule has 2 aliphatic rings. The van der Waals surface area contributed by atoms with Gasteiger partial charge in [-0.2, -0.15) is 4.99 Å². The molecule has 8 nitrogen and oxygen atoms in total. The van der Waals surface area contributed by atoms with Crippen LogP contribution in [0.25, 0.3) is 17.4 Å². The Kier molecular flexibility index (Phi) is 6.55. The second kappa shape index (κ2) is 9.77. The standard InChI is InChI=1S/C24H18Cl2N4O4S/c25-15-5-7-17(18(26)13-15)21-8-6-16(34-21)14-22-23(31)27-24(35-22)29-11-9-28(10-12-29)19-3-1-2-4-20(19)30(32)33/h1-8,13-14H,9-12H2/b22-14+. The Morgan fingerprint density at radius 2 is 1.77 bits per heavy atom. The summed E-state index contributed by atoms with van der Waals surface area (Å²) in [5, 5.41) is 13.0. The summed E-state index contributed by atoms with van der Waals surface area (Å²) >= 11 is 13.5. The number of halogens is 2. The molecule has 0 radical (unpaired) electrons. The van der Waals surface area contributed by atoms with Gasteiger partial charge in [-0.25, -0.2) is 0 Å². The molecule has 35 heavy (non-hydrogen) atoms. The maximum absolute atomic E-state index is 12.5. The largest absolute Gasteiger partial charge is 0.457 e. The third-order valence-electron chi connectivity index (χ3n) is 5.68. The topological polar surface area (TPSA) is 92.2 Å². The third kappa shape index (κ3) is 4.93. The monoisotopic (exact) mass is 528 g/mol. The maximum Gasteiger partial charge on any atom is 0.292 e. The molecule has 0 aliphatic carbocycles. The number of para-hydroxylation sites is 2. The van der Waals surface area contributed by atoms with Crippen LogP contribution in [0.4, 0.5) is 11.4 Å². The summed E-state index contributed by atoms with van der Waals surface area (Å²) in [5.41, 5.74) is 1.40. The maximum atomic E-state index is 12.5. The van der Waals surface area contributed by atoms with E-state index in [0.29, 0.717) is 69.1 Å². The molecule has 1 aromatic heterocycles. The molecule has 0 N–H and O–H groups in total. The van der Waals surface area contributed by atoms with Crippen LogP contribution in [0.5, 0.6) is 0 Å². The molecule has 0 saturated carbocycles. The SMILES string of the molecule is O=C1N=C(N2CCN(c3ccccc3[N+](=O)[O-])CC2)S/C1=C/c1ccc(-c2ccc(Cl)cc2Cl)o1. The predicted molar refractivity (Wildman–Crippen MR) is 139 cm³/mol. The Balaban J connectivity index is 1.25. The van der Waals surface area contributed by atoms with Gasteiger partial charge in [-0.05, 0) is 48.2 Å². The van der Waals surface area contributed by atoms with Crippen LogP contribution in [0.3, 0.4) is 0 Å². The van der Waals surface area contributed by atoms with Crippen molar-refractivity contribution in [1.82, 2.24) is 4.90 Å². The number of nitro benzene ring substituents is 1. The van der Waals surface area contributed by atoms with Crippen molar-refractivity contribution in [2.75, 3.05) is 31.1 Å². The van der Waals surface area contributed by atoms with Crippen LogP contribution < -0.4 is 4.90 Å². The molecule has 178 valence electrons. The minimum Gasteiger partial charge on any atom is -0.457 e. The van der Waals surface area contributed by atoms with E-state index in [4.69, 9.17) is 27.6 Å². The lowest BCUT2D eigenvalue weighted by Crippen LogP contribution is -2.48. The number of thioether (sulfide) groups is 1. The second-order valence-corrected chi connectivity index (χ2v) is 9.71. The number of rotatable bonds is 4. The number of carbonyl (C=O) groups is 1. The van der Waals surface area contributed by atoms with Gasteiger partial charge in [0.1, 0.15) is 17.2 Å². The highest BCUT2D eigenvalue weighted by Crippen LogP contribution is 2.35. The molecule has 3 heterocycles. The molecule has 2 aliphatic heterocycles. The summed E-state index contributed by atoms with van der Waals surface area (Å²) in [6.07, 6.45) is 1.67. The molecule has 11 heteroatoms. The van der Waals surface area contributed by atoms with Gasteiger partial charge in [-0.15, -0.1) is 0 Å². The van der Waals surface area contributed by atoms with Crippen LogP contribution in [0.2, 0.25) is 10.0 Å². The first-order valence-electron chi connectivity index (χ1n) is 10.7. The van der Waals surface area contributed by atoms with E-state index >= 15 is 0 Å². The Morgan fingerprint density at radius 3 is 2.51 bits per heavy atom. The van der Waals surface area contributed by atoms with E-state index in [9.17, 15) is 14.9 Å². The molecule has 3 aromatic rings. The Morgan fingerprint density at radius 1 is 1.03 bits per heavy atom. The first kappa shape index (κ1) is 23.5. The van der Waals surface area contributed by atoms with E-state index < -0.39 is 0 Å². The number of amidine groups is 1. The van der Waals surface area contributed by atoms with E-state index in [0.717, 1.165) is 0 Å². The summed E-state index contributed by atoms with van der Waals surface area (Å²) in [7, 11) is 0. The van der Waals surface area contributed by atoms with Gasteiger partial charge in [-0.3, -0.25) is 14.9 Å². The van der Waals surface area contributed by atoms with Gasteiger partial charge in [0.05, 0.1) is 14.9 Å². The van der Waals surface area contributed by atoms with Gasteiger partial charge in [0, 0.05) is 48.9 Å².